The van der Waals surface area contributed by atoms with Crippen LogP contribution < -0.4 is 5.32 Å². The van der Waals surface area contributed by atoms with Crippen LogP contribution in [0.15, 0.2) is 58.9 Å². The van der Waals surface area contributed by atoms with E-state index in [0.29, 0.717) is 22.4 Å². The van der Waals surface area contributed by atoms with Crippen molar-refractivity contribution in [3.05, 3.63) is 69.7 Å². The molecule has 0 saturated heterocycles. The van der Waals surface area contributed by atoms with Gasteiger partial charge in [-0.1, -0.05) is 72.7 Å². The van der Waals surface area contributed by atoms with Gasteiger partial charge in [0, 0.05) is 11.3 Å². The van der Waals surface area contributed by atoms with Crippen LogP contribution in [0.2, 0.25) is 0 Å². The highest BCUT2D eigenvalue weighted by Gasteiger charge is 2.42. The normalized spacial score (nSPS) is 15.1. The van der Waals surface area contributed by atoms with Gasteiger partial charge in [-0.05, 0) is 54.9 Å². The van der Waals surface area contributed by atoms with E-state index in [4.69, 9.17) is 17.0 Å². The highest BCUT2D eigenvalue weighted by Crippen LogP contribution is 2.30. The molecule has 1 saturated carbocycles. The van der Waals surface area contributed by atoms with Crippen molar-refractivity contribution >= 4 is 47.2 Å². The van der Waals surface area contributed by atoms with E-state index in [1.165, 1.54) is 24.0 Å². The van der Waals surface area contributed by atoms with Crippen molar-refractivity contribution < 1.29 is 14.3 Å². The van der Waals surface area contributed by atoms with Crippen LogP contribution in [0, 0.1) is 3.95 Å². The molecule has 0 spiro atoms. The molecule has 4 rings (SSSR count). The van der Waals surface area contributed by atoms with Gasteiger partial charge >= 0.3 is 5.97 Å². The molecule has 1 aromatic heterocycles. The van der Waals surface area contributed by atoms with Crippen molar-refractivity contribution in [2.24, 2.45) is 0 Å². The number of hydrogen-bond donors (Lipinski definition) is 1. The number of esters is 1. The smallest absolute Gasteiger partial charge is 0.331 e. The Morgan fingerprint density at radius 1 is 1.12 bits per heavy atom. The Balaban J connectivity index is 1.45. The van der Waals surface area contributed by atoms with Gasteiger partial charge in [0.2, 0.25) is 0 Å². The van der Waals surface area contributed by atoms with Crippen LogP contribution in [0.3, 0.4) is 0 Å². The van der Waals surface area contributed by atoms with Crippen molar-refractivity contribution in [3.8, 4) is 5.69 Å². The molecular weight excluding hydrogens is 474 g/mol. The summed E-state index contributed by atoms with van der Waals surface area (Å²) in [5, 5.41) is 7.59. The molecule has 0 atom stereocenters. The van der Waals surface area contributed by atoms with Gasteiger partial charge in [0.1, 0.15) is 5.54 Å². The first-order chi connectivity index (χ1) is 16.0. The van der Waals surface area contributed by atoms with E-state index in [1.807, 2.05) is 30.3 Å². The van der Waals surface area contributed by atoms with Crippen LogP contribution in [0.4, 0.5) is 0 Å². The summed E-state index contributed by atoms with van der Waals surface area (Å²) in [4.78, 5) is 25.3. The van der Waals surface area contributed by atoms with Gasteiger partial charge in [-0.2, -0.15) is 0 Å². The summed E-state index contributed by atoms with van der Waals surface area (Å²) in [6.45, 7) is 0. The van der Waals surface area contributed by atoms with Gasteiger partial charge in [-0.15, -0.1) is 5.10 Å². The summed E-state index contributed by atoms with van der Waals surface area (Å²) in [7, 11) is 1.36. The number of aromatic nitrogens is 2. The third-order valence-corrected chi connectivity index (χ3v) is 8.18. The molecule has 2 aromatic carbocycles. The van der Waals surface area contributed by atoms with E-state index in [1.54, 1.807) is 28.6 Å². The van der Waals surface area contributed by atoms with E-state index in [2.05, 4.69) is 22.5 Å². The molecule has 6 nitrogen and oxygen atoms in total. The summed E-state index contributed by atoms with van der Waals surface area (Å²) >= 11 is 8.62. The number of thioether (sulfide) groups is 1. The Kier molecular flexibility index (Phi) is 7.62. The lowest BCUT2D eigenvalue weighted by Gasteiger charge is -2.35. The number of nitrogens with one attached hydrogen (secondary N) is 1. The molecule has 3 aromatic rings. The molecule has 9 heteroatoms. The summed E-state index contributed by atoms with van der Waals surface area (Å²) in [6, 6.07) is 17.3. The van der Waals surface area contributed by atoms with Crippen LogP contribution in [-0.2, 0) is 15.3 Å². The highest BCUT2D eigenvalue weighted by atomic mass is 32.2. The van der Waals surface area contributed by atoms with Gasteiger partial charge in [-0.3, -0.25) is 4.79 Å². The Morgan fingerprint density at radius 3 is 2.48 bits per heavy atom. The van der Waals surface area contributed by atoms with Gasteiger partial charge in [0.15, 0.2) is 8.29 Å². The number of rotatable bonds is 7. The predicted octanol–water partition coefficient (Wildman–Crippen LogP) is 5.56. The van der Waals surface area contributed by atoms with Crippen molar-refractivity contribution in [3.63, 3.8) is 0 Å². The molecule has 0 radical (unpaired) electrons. The number of hydrogen-bond acceptors (Lipinski definition) is 7. The Labute approximate surface area is 206 Å². The second kappa shape index (κ2) is 10.6. The lowest BCUT2D eigenvalue weighted by molar-refractivity contribution is -0.149. The van der Waals surface area contributed by atoms with Crippen LogP contribution in [0.1, 0.15) is 48.0 Å². The zero-order valence-corrected chi connectivity index (χ0v) is 20.7. The van der Waals surface area contributed by atoms with Gasteiger partial charge in [0.25, 0.3) is 5.91 Å². The lowest BCUT2D eigenvalue weighted by atomic mass is 9.81. The third kappa shape index (κ3) is 5.54. The maximum absolute atomic E-state index is 12.9. The summed E-state index contributed by atoms with van der Waals surface area (Å²) in [5.74, 6) is 0.167. The first-order valence-electron chi connectivity index (χ1n) is 10.8. The molecule has 1 fully saturated rings. The van der Waals surface area contributed by atoms with E-state index in [9.17, 15) is 9.59 Å². The summed E-state index contributed by atoms with van der Waals surface area (Å²) in [6.07, 6.45) is 4.03. The topological polar surface area (TPSA) is 73.2 Å². The molecule has 0 bridgehead atoms. The predicted molar refractivity (Wildman–Crippen MR) is 134 cm³/mol. The molecule has 172 valence electrons. The fourth-order valence-corrected chi connectivity index (χ4v) is 6.29. The SMILES string of the molecule is COC(=O)C1(NC(=O)c2ccc(-n3nc(SCc4ccccc4)sc3=S)cc2)CCCCC1. The first-order valence-corrected chi connectivity index (χ1v) is 13.0. The lowest BCUT2D eigenvalue weighted by Crippen LogP contribution is -2.56. The Morgan fingerprint density at radius 2 is 1.82 bits per heavy atom. The van der Waals surface area contributed by atoms with E-state index in [-0.39, 0.29) is 11.9 Å². The van der Waals surface area contributed by atoms with Gasteiger partial charge < -0.3 is 10.1 Å². The number of benzene rings is 2. The average molecular weight is 500 g/mol. The zero-order valence-electron chi connectivity index (χ0n) is 18.3. The zero-order chi connectivity index (χ0) is 23.3. The fourth-order valence-electron chi connectivity index (χ4n) is 3.98. The van der Waals surface area contributed by atoms with Crippen LogP contribution >= 0.6 is 35.3 Å². The number of ether oxygens (including phenoxy) is 1. The third-order valence-electron chi connectivity index (χ3n) is 5.74. The summed E-state index contributed by atoms with van der Waals surface area (Å²) < 4.78 is 8.25. The number of amides is 1. The number of carbonyl (C=O) groups excluding carboxylic acids is 2. The van der Waals surface area contributed by atoms with E-state index < -0.39 is 5.54 Å². The van der Waals surface area contributed by atoms with Gasteiger partial charge in [0.05, 0.1) is 12.8 Å². The molecule has 33 heavy (non-hydrogen) atoms. The number of nitrogens with zero attached hydrogens (tertiary/aromatic N) is 2. The van der Waals surface area contributed by atoms with Gasteiger partial charge in [-0.25, -0.2) is 9.48 Å². The molecule has 0 aliphatic heterocycles. The standard InChI is InChI=1S/C24H25N3O3S3/c1-30-21(29)24(14-6-3-7-15-24)25-20(28)18-10-12-19(13-11-18)27-23(31)33-22(26-27)32-16-17-8-4-2-5-9-17/h2,4-5,8-13H,3,6-7,14-16H2,1H3,(H,25,28). The molecule has 1 aliphatic carbocycles. The molecule has 0 unspecified atom stereocenters. The van der Waals surface area contributed by atoms with Crippen molar-refractivity contribution in [2.75, 3.05) is 7.11 Å². The first kappa shape index (κ1) is 23.7. The molecule has 1 N–H and O–H groups in total. The summed E-state index contributed by atoms with van der Waals surface area (Å²) in [5.41, 5.74) is 1.56. The highest BCUT2D eigenvalue weighted by molar-refractivity contribution is 8.00. The second-order valence-corrected chi connectivity index (χ2v) is 10.8. The molecular formula is C24H25N3O3S3. The van der Waals surface area contributed by atoms with E-state index in [0.717, 1.165) is 35.0 Å². The minimum atomic E-state index is -0.939. The molecule has 1 amide bonds. The maximum atomic E-state index is 12.9. The van der Waals surface area contributed by atoms with Crippen molar-refractivity contribution in [1.82, 2.24) is 15.1 Å². The largest absolute Gasteiger partial charge is 0.467 e. The van der Waals surface area contributed by atoms with Crippen molar-refractivity contribution in [1.29, 1.82) is 0 Å². The second-order valence-electron chi connectivity index (χ2n) is 7.96. The van der Waals surface area contributed by atoms with Crippen molar-refractivity contribution in [2.45, 2.75) is 47.7 Å². The van der Waals surface area contributed by atoms with Crippen LogP contribution in [0.25, 0.3) is 5.69 Å². The fraction of sp³-hybridized carbons (Fsp3) is 0.333. The monoisotopic (exact) mass is 499 g/mol. The Hall–Kier alpha value is -2.49. The average Bonchev–Trinajstić information content (AvgIpc) is 3.23. The number of methoxy groups -OCH3 is 1. The molecule has 1 heterocycles. The quantitative estimate of drug-likeness (QED) is 0.261. The van der Waals surface area contributed by atoms with E-state index >= 15 is 0 Å². The Bertz CT molecular complexity index is 1170. The number of carbonyl (C=O) groups is 2. The minimum absolute atomic E-state index is 0.283. The van der Waals surface area contributed by atoms with Crippen LogP contribution in [0.5, 0.6) is 0 Å². The minimum Gasteiger partial charge on any atom is -0.467 e. The maximum Gasteiger partial charge on any atom is 0.331 e. The molecule has 1 aliphatic rings. The van der Waals surface area contributed by atoms with Crippen LogP contribution in [-0.4, -0.2) is 34.3 Å².